The molecule has 0 bridgehead atoms. The lowest BCUT2D eigenvalue weighted by atomic mass is 10.0. The van der Waals surface area contributed by atoms with Gasteiger partial charge in [-0.3, -0.25) is 14.4 Å². The average Bonchev–Trinajstić information content (AvgIpc) is 3.43. The number of hydrogen-bond donors (Lipinski definition) is 0. The van der Waals surface area contributed by atoms with Crippen LogP contribution in [0.3, 0.4) is 0 Å². The minimum Gasteiger partial charge on any atom is -0.462 e. The summed E-state index contributed by atoms with van der Waals surface area (Å²) < 4.78 is 16.8. The Kier molecular flexibility index (Phi) is 59.9. The molecule has 6 heteroatoms. The van der Waals surface area contributed by atoms with Gasteiger partial charge < -0.3 is 14.2 Å². The lowest BCUT2D eigenvalue weighted by molar-refractivity contribution is -0.167. The molecule has 77 heavy (non-hydrogen) atoms. The van der Waals surface area contributed by atoms with Crippen molar-refractivity contribution in [3.05, 3.63) is 146 Å². The molecule has 0 aromatic rings. The first-order valence-electron chi connectivity index (χ1n) is 31.3. The summed E-state index contributed by atoms with van der Waals surface area (Å²) in [6, 6.07) is 0. The van der Waals surface area contributed by atoms with Crippen molar-refractivity contribution >= 4 is 17.9 Å². The predicted octanol–water partition coefficient (Wildman–Crippen LogP) is 21.5. The average molecular weight is 1060 g/mol. The molecular weight excluding hydrogens is 949 g/mol. The zero-order chi connectivity index (χ0) is 55.7. The van der Waals surface area contributed by atoms with Crippen LogP contribution in [-0.4, -0.2) is 37.2 Å². The van der Waals surface area contributed by atoms with E-state index in [1.807, 2.05) is 0 Å². The Bertz CT molecular complexity index is 1700. The second-order valence-corrected chi connectivity index (χ2v) is 20.2. The van der Waals surface area contributed by atoms with E-state index in [9.17, 15) is 14.4 Å². The second-order valence-electron chi connectivity index (χ2n) is 20.2. The highest BCUT2D eigenvalue weighted by atomic mass is 16.6. The van der Waals surface area contributed by atoms with Gasteiger partial charge in [0.1, 0.15) is 13.2 Å². The molecule has 0 rings (SSSR count). The van der Waals surface area contributed by atoms with Gasteiger partial charge in [0.2, 0.25) is 0 Å². The van der Waals surface area contributed by atoms with Crippen LogP contribution in [0.5, 0.6) is 0 Å². The number of unbranched alkanes of at least 4 members (excludes halogenated alkanes) is 20. The number of allylic oxidation sites excluding steroid dienone is 24. The van der Waals surface area contributed by atoms with Gasteiger partial charge in [-0.2, -0.15) is 0 Å². The number of ether oxygens (including phenoxy) is 3. The minimum atomic E-state index is -0.807. The van der Waals surface area contributed by atoms with Crippen molar-refractivity contribution in [2.45, 2.75) is 271 Å². The Morgan fingerprint density at radius 1 is 0.273 bits per heavy atom. The predicted molar refractivity (Wildman–Crippen MR) is 334 cm³/mol. The van der Waals surface area contributed by atoms with Crippen LogP contribution >= 0.6 is 0 Å². The van der Waals surface area contributed by atoms with E-state index in [1.54, 1.807) is 0 Å². The maximum Gasteiger partial charge on any atom is 0.306 e. The van der Waals surface area contributed by atoms with Crippen LogP contribution in [0.4, 0.5) is 0 Å². The molecule has 0 aromatic heterocycles. The van der Waals surface area contributed by atoms with Crippen molar-refractivity contribution in [3.63, 3.8) is 0 Å². The second kappa shape index (κ2) is 63.8. The summed E-state index contributed by atoms with van der Waals surface area (Å²) in [4.78, 5) is 38.2. The molecule has 1 atom stereocenters. The van der Waals surface area contributed by atoms with Crippen molar-refractivity contribution < 1.29 is 28.6 Å². The molecule has 0 spiro atoms. The fourth-order valence-electron chi connectivity index (χ4n) is 8.13. The zero-order valence-corrected chi connectivity index (χ0v) is 49.7. The number of carbonyl (C=O) groups excluding carboxylic acids is 3. The fraction of sp³-hybridized carbons (Fsp3) is 0.620. The first-order valence-corrected chi connectivity index (χ1v) is 31.3. The standard InChI is InChI=1S/C71H114O6/c1-4-7-10-13-16-19-22-25-27-28-29-30-31-32-33-34-35-36-37-38-39-40-41-42-43-44-45-47-49-52-55-58-61-64-70(73)76-67-68(66-75-69(72)63-60-57-54-51-48-24-21-18-15-12-9-6-3)77-71(74)65-62-59-56-53-50-46-26-23-20-17-14-11-8-5-2/h7,10,14,16-17,19,23,25-27,29-30,32-33,35-36,38-39,41-42,44-45,49,52,68H,4-6,8-9,11-13,15,18,20-22,24,28,31,34,37,40,43,46-48,50-51,53-67H2,1-3H3/b10-7-,17-14-,19-16-,26-23-,27-25-,30-29-,33-32-,36-35-,39-38-,42-41-,45-44-,52-49-. The molecular formula is C71H114O6. The van der Waals surface area contributed by atoms with Crippen molar-refractivity contribution in [2.24, 2.45) is 0 Å². The third-order valence-electron chi connectivity index (χ3n) is 12.8. The van der Waals surface area contributed by atoms with Crippen molar-refractivity contribution in [2.75, 3.05) is 13.2 Å². The van der Waals surface area contributed by atoms with E-state index in [-0.39, 0.29) is 31.1 Å². The van der Waals surface area contributed by atoms with Gasteiger partial charge in [0.25, 0.3) is 0 Å². The van der Waals surface area contributed by atoms with Crippen LogP contribution in [0.25, 0.3) is 0 Å². The maximum atomic E-state index is 12.8. The minimum absolute atomic E-state index is 0.0999. The first-order chi connectivity index (χ1) is 38.0. The molecule has 0 N–H and O–H groups in total. The Hall–Kier alpha value is -4.71. The fourth-order valence-corrected chi connectivity index (χ4v) is 8.13. The maximum absolute atomic E-state index is 12.8. The number of esters is 3. The Morgan fingerprint density at radius 2 is 0.519 bits per heavy atom. The van der Waals surface area contributed by atoms with Crippen LogP contribution in [0, 0.1) is 0 Å². The molecule has 0 heterocycles. The van der Waals surface area contributed by atoms with Gasteiger partial charge in [0.15, 0.2) is 6.10 Å². The summed E-state index contributed by atoms with van der Waals surface area (Å²) in [7, 11) is 0. The van der Waals surface area contributed by atoms with Crippen LogP contribution < -0.4 is 0 Å². The van der Waals surface area contributed by atoms with E-state index >= 15 is 0 Å². The van der Waals surface area contributed by atoms with Gasteiger partial charge >= 0.3 is 17.9 Å². The van der Waals surface area contributed by atoms with Gasteiger partial charge in [0, 0.05) is 19.3 Å². The highest BCUT2D eigenvalue weighted by Gasteiger charge is 2.19. The van der Waals surface area contributed by atoms with E-state index in [0.717, 1.165) is 141 Å². The van der Waals surface area contributed by atoms with E-state index in [0.29, 0.717) is 25.7 Å². The summed E-state index contributed by atoms with van der Waals surface area (Å²) in [6.45, 7) is 6.43. The third kappa shape index (κ3) is 62.0. The Labute approximate surface area is 474 Å². The largest absolute Gasteiger partial charge is 0.462 e. The van der Waals surface area contributed by atoms with E-state index in [4.69, 9.17) is 14.2 Å². The summed E-state index contributed by atoms with van der Waals surface area (Å²) in [6.07, 6.45) is 91.4. The van der Waals surface area contributed by atoms with Crippen LogP contribution in [-0.2, 0) is 28.6 Å². The normalized spacial score (nSPS) is 13.1. The lowest BCUT2D eigenvalue weighted by Crippen LogP contribution is -2.30. The van der Waals surface area contributed by atoms with Gasteiger partial charge in [0.05, 0.1) is 0 Å². The van der Waals surface area contributed by atoms with Crippen LogP contribution in [0.15, 0.2) is 146 Å². The highest BCUT2D eigenvalue weighted by Crippen LogP contribution is 2.14. The van der Waals surface area contributed by atoms with Crippen molar-refractivity contribution in [1.82, 2.24) is 0 Å². The van der Waals surface area contributed by atoms with Gasteiger partial charge in [-0.15, -0.1) is 0 Å². The Balaban J connectivity index is 4.36. The SMILES string of the molecule is CC/C=C\C/C=C\C/C=C\C/C=C\C/C=C\C/C=C\C/C=C\C/C=C\C/C=C\C/C=C\CCCCC(=O)OCC(COC(=O)CCCCCCCCCCCCCC)OC(=O)CCCCCCC/C=C\C/C=C\CCCC. The number of rotatable bonds is 55. The first kappa shape index (κ1) is 72.3. The van der Waals surface area contributed by atoms with E-state index < -0.39 is 6.10 Å². The monoisotopic (exact) mass is 1060 g/mol. The molecule has 1 unspecified atom stereocenters. The molecule has 0 radical (unpaired) electrons. The molecule has 0 aliphatic heterocycles. The Morgan fingerprint density at radius 3 is 0.857 bits per heavy atom. The summed E-state index contributed by atoms with van der Waals surface area (Å²) in [5.41, 5.74) is 0. The van der Waals surface area contributed by atoms with Gasteiger partial charge in [-0.25, -0.2) is 0 Å². The number of carbonyl (C=O) groups is 3. The quantitative estimate of drug-likeness (QED) is 0.0261. The third-order valence-corrected chi connectivity index (χ3v) is 12.8. The molecule has 0 aromatic carbocycles. The number of hydrogen-bond acceptors (Lipinski definition) is 6. The molecule has 0 saturated heterocycles. The smallest absolute Gasteiger partial charge is 0.306 e. The van der Waals surface area contributed by atoms with E-state index in [2.05, 4.69) is 167 Å². The highest BCUT2D eigenvalue weighted by molar-refractivity contribution is 5.71. The van der Waals surface area contributed by atoms with Crippen LogP contribution in [0.1, 0.15) is 265 Å². The summed E-state index contributed by atoms with van der Waals surface area (Å²) >= 11 is 0. The van der Waals surface area contributed by atoms with Gasteiger partial charge in [-0.05, 0) is 122 Å². The molecule has 0 saturated carbocycles. The van der Waals surface area contributed by atoms with Crippen LogP contribution in [0.2, 0.25) is 0 Å². The topological polar surface area (TPSA) is 78.9 Å². The molecule has 434 valence electrons. The lowest BCUT2D eigenvalue weighted by Gasteiger charge is -2.18. The molecule has 0 aliphatic rings. The van der Waals surface area contributed by atoms with Crippen molar-refractivity contribution in [1.29, 1.82) is 0 Å². The van der Waals surface area contributed by atoms with Gasteiger partial charge in [-0.1, -0.05) is 269 Å². The molecule has 0 aliphatic carbocycles. The van der Waals surface area contributed by atoms with E-state index in [1.165, 1.54) is 77.0 Å². The summed E-state index contributed by atoms with van der Waals surface area (Å²) in [5, 5.41) is 0. The van der Waals surface area contributed by atoms with Crippen molar-refractivity contribution in [3.8, 4) is 0 Å². The molecule has 0 fully saturated rings. The summed E-state index contributed by atoms with van der Waals surface area (Å²) in [5.74, 6) is -0.962. The zero-order valence-electron chi connectivity index (χ0n) is 49.7. The molecule has 6 nitrogen and oxygen atoms in total. The molecule has 0 amide bonds.